The van der Waals surface area contributed by atoms with Crippen LogP contribution in [0.4, 0.5) is 0 Å². The molecule has 0 fully saturated rings. The van der Waals surface area contributed by atoms with Crippen LogP contribution >= 0.6 is 23.4 Å². The predicted octanol–water partition coefficient (Wildman–Crippen LogP) is 3.90. The molecule has 9 heteroatoms. The van der Waals surface area contributed by atoms with Crippen molar-refractivity contribution in [2.45, 2.75) is 31.1 Å². The van der Waals surface area contributed by atoms with E-state index in [0.29, 0.717) is 33.5 Å². The summed E-state index contributed by atoms with van der Waals surface area (Å²) in [6.45, 7) is 2.34. The fourth-order valence-corrected chi connectivity index (χ4v) is 5.21. The topological polar surface area (TPSA) is 81.8 Å². The second kappa shape index (κ2) is 8.44. The highest BCUT2D eigenvalue weighted by Crippen LogP contribution is 2.33. The number of aromatic nitrogens is 4. The number of hydrogen-bond donors (Lipinski definition) is 1. The van der Waals surface area contributed by atoms with Gasteiger partial charge in [0.15, 0.2) is 10.8 Å². The van der Waals surface area contributed by atoms with Crippen LogP contribution in [-0.4, -0.2) is 31.0 Å². The van der Waals surface area contributed by atoms with Crippen LogP contribution in [0.15, 0.2) is 64.7 Å². The van der Waals surface area contributed by atoms with E-state index in [1.165, 1.54) is 11.8 Å². The van der Waals surface area contributed by atoms with Crippen LogP contribution in [0.25, 0.3) is 16.7 Å². The molecule has 2 aromatic carbocycles. The summed E-state index contributed by atoms with van der Waals surface area (Å²) < 4.78 is 3.34. The lowest BCUT2D eigenvalue weighted by atomic mass is 10.2. The first-order chi connectivity index (χ1) is 15.5. The van der Waals surface area contributed by atoms with Crippen molar-refractivity contribution in [3.63, 3.8) is 0 Å². The Kier molecular flexibility index (Phi) is 5.48. The minimum atomic E-state index is -0.257. The zero-order valence-electron chi connectivity index (χ0n) is 17.3. The number of carbonyl (C=O) groups is 1. The van der Waals surface area contributed by atoms with Crippen LogP contribution in [-0.2, 0) is 11.3 Å². The molecular formula is C23H20ClN5O2S. The van der Waals surface area contributed by atoms with Crippen LogP contribution in [0.3, 0.4) is 0 Å². The molecular weight excluding hydrogens is 446 g/mol. The SMILES string of the molecule is Cc1ccccc1-n1ncc2c(=O)n3c(nc21)SCC3CC(=O)NCc1ccccc1Cl. The van der Waals surface area contributed by atoms with Crippen LogP contribution in [0.1, 0.15) is 23.6 Å². The second-order valence-corrected chi connectivity index (χ2v) is 9.08. The van der Waals surface area contributed by atoms with Crippen molar-refractivity contribution in [3.8, 4) is 5.69 Å². The number of aryl methyl sites for hydroxylation is 1. The van der Waals surface area contributed by atoms with Gasteiger partial charge in [0.25, 0.3) is 5.56 Å². The molecule has 4 aromatic rings. The molecule has 1 amide bonds. The van der Waals surface area contributed by atoms with Crippen molar-refractivity contribution < 1.29 is 4.79 Å². The first-order valence-corrected chi connectivity index (χ1v) is 11.6. The Morgan fingerprint density at radius 1 is 1.22 bits per heavy atom. The van der Waals surface area contributed by atoms with Crippen LogP contribution in [0.2, 0.25) is 5.02 Å². The maximum absolute atomic E-state index is 13.3. The maximum Gasteiger partial charge on any atom is 0.265 e. The van der Waals surface area contributed by atoms with E-state index in [1.807, 2.05) is 49.4 Å². The zero-order chi connectivity index (χ0) is 22.2. The quantitative estimate of drug-likeness (QED) is 0.452. The van der Waals surface area contributed by atoms with Gasteiger partial charge in [-0.25, -0.2) is 9.67 Å². The second-order valence-electron chi connectivity index (χ2n) is 7.69. The number of thioether (sulfide) groups is 1. The third-order valence-electron chi connectivity index (χ3n) is 5.57. The minimum absolute atomic E-state index is 0.133. The molecule has 0 radical (unpaired) electrons. The lowest BCUT2D eigenvalue weighted by Crippen LogP contribution is -2.30. The highest BCUT2D eigenvalue weighted by molar-refractivity contribution is 7.99. The largest absolute Gasteiger partial charge is 0.352 e. The Bertz CT molecular complexity index is 1400. The molecule has 0 aliphatic carbocycles. The number of benzene rings is 2. The number of hydrogen-bond acceptors (Lipinski definition) is 5. The molecule has 0 saturated heterocycles. The number of fused-ring (bicyclic) bond motifs is 2. The van der Waals surface area contributed by atoms with E-state index in [1.54, 1.807) is 21.5 Å². The van der Waals surface area contributed by atoms with Crippen molar-refractivity contribution in [1.29, 1.82) is 0 Å². The minimum Gasteiger partial charge on any atom is -0.352 e. The molecule has 32 heavy (non-hydrogen) atoms. The van der Waals surface area contributed by atoms with E-state index in [4.69, 9.17) is 16.6 Å². The van der Waals surface area contributed by atoms with Gasteiger partial charge in [0, 0.05) is 23.7 Å². The van der Waals surface area contributed by atoms with E-state index in [0.717, 1.165) is 16.8 Å². The average molecular weight is 466 g/mol. The van der Waals surface area contributed by atoms with Crippen LogP contribution in [0, 0.1) is 6.92 Å². The Balaban J connectivity index is 1.40. The summed E-state index contributed by atoms with van der Waals surface area (Å²) in [7, 11) is 0. The molecule has 162 valence electrons. The van der Waals surface area contributed by atoms with Gasteiger partial charge in [-0.1, -0.05) is 59.8 Å². The summed E-state index contributed by atoms with van der Waals surface area (Å²) in [6, 6.07) is 15.0. The van der Waals surface area contributed by atoms with Crippen molar-refractivity contribution in [2.75, 3.05) is 5.75 Å². The number of halogens is 1. The van der Waals surface area contributed by atoms with Gasteiger partial charge in [0.2, 0.25) is 5.91 Å². The number of amides is 1. The number of carbonyl (C=O) groups excluding carboxylic acids is 1. The van der Waals surface area contributed by atoms with Gasteiger partial charge < -0.3 is 5.32 Å². The molecule has 5 rings (SSSR count). The number of para-hydroxylation sites is 1. The Labute approximate surface area is 193 Å². The standard InChI is InChI=1S/C23H20ClN5O2S/c1-14-6-2-5-9-19(14)29-21-17(12-26-29)22(31)28-16(13-32-23(28)27-21)10-20(30)25-11-15-7-3-4-8-18(15)24/h2-9,12,16H,10-11,13H2,1H3,(H,25,30). The Morgan fingerprint density at radius 2 is 2.00 bits per heavy atom. The average Bonchev–Trinajstić information content (AvgIpc) is 3.39. The molecule has 1 atom stereocenters. The summed E-state index contributed by atoms with van der Waals surface area (Å²) in [5.74, 6) is 0.484. The van der Waals surface area contributed by atoms with Gasteiger partial charge >= 0.3 is 0 Å². The Hall–Kier alpha value is -3.10. The summed E-state index contributed by atoms with van der Waals surface area (Å²) in [4.78, 5) is 30.6. The normalized spacial score (nSPS) is 15.1. The molecule has 0 saturated carbocycles. The van der Waals surface area contributed by atoms with E-state index >= 15 is 0 Å². The molecule has 1 N–H and O–H groups in total. The van der Waals surface area contributed by atoms with Gasteiger partial charge in [-0.2, -0.15) is 5.10 Å². The van der Waals surface area contributed by atoms with E-state index < -0.39 is 0 Å². The van der Waals surface area contributed by atoms with Crippen molar-refractivity contribution in [3.05, 3.63) is 81.2 Å². The van der Waals surface area contributed by atoms with Crippen LogP contribution < -0.4 is 10.9 Å². The van der Waals surface area contributed by atoms with Crippen molar-refractivity contribution in [1.82, 2.24) is 24.6 Å². The van der Waals surface area contributed by atoms with Crippen molar-refractivity contribution >= 4 is 40.3 Å². The van der Waals surface area contributed by atoms with Gasteiger partial charge in [0.05, 0.1) is 17.9 Å². The summed E-state index contributed by atoms with van der Waals surface area (Å²) in [5, 5.41) is 9.00. The van der Waals surface area contributed by atoms with E-state index in [9.17, 15) is 9.59 Å². The number of nitrogens with zero attached hydrogens (tertiary/aromatic N) is 4. The number of rotatable bonds is 5. The molecule has 7 nitrogen and oxygen atoms in total. The zero-order valence-corrected chi connectivity index (χ0v) is 18.9. The van der Waals surface area contributed by atoms with Gasteiger partial charge in [-0.15, -0.1) is 0 Å². The molecule has 1 aliphatic rings. The monoisotopic (exact) mass is 465 g/mol. The van der Waals surface area contributed by atoms with Gasteiger partial charge in [-0.3, -0.25) is 14.2 Å². The highest BCUT2D eigenvalue weighted by Gasteiger charge is 2.29. The summed E-state index contributed by atoms with van der Waals surface area (Å²) in [5.41, 5.74) is 3.15. The van der Waals surface area contributed by atoms with E-state index in [2.05, 4.69) is 10.4 Å². The molecule has 2 aromatic heterocycles. The molecule has 0 spiro atoms. The maximum atomic E-state index is 13.3. The smallest absolute Gasteiger partial charge is 0.265 e. The van der Waals surface area contributed by atoms with Crippen molar-refractivity contribution in [2.24, 2.45) is 0 Å². The lowest BCUT2D eigenvalue weighted by molar-refractivity contribution is -0.121. The summed E-state index contributed by atoms with van der Waals surface area (Å²) in [6.07, 6.45) is 1.76. The third-order valence-corrected chi connectivity index (χ3v) is 7.04. The molecule has 1 aliphatic heterocycles. The first-order valence-electron chi connectivity index (χ1n) is 10.2. The molecule has 0 bridgehead atoms. The van der Waals surface area contributed by atoms with E-state index in [-0.39, 0.29) is 23.9 Å². The highest BCUT2D eigenvalue weighted by atomic mass is 35.5. The molecule has 1 unspecified atom stereocenters. The van der Waals surface area contributed by atoms with Gasteiger partial charge in [-0.05, 0) is 30.2 Å². The Morgan fingerprint density at radius 3 is 2.81 bits per heavy atom. The van der Waals surface area contributed by atoms with Crippen LogP contribution in [0.5, 0.6) is 0 Å². The number of nitrogens with one attached hydrogen (secondary N) is 1. The molecule has 3 heterocycles. The third kappa shape index (κ3) is 3.69. The summed E-state index contributed by atoms with van der Waals surface area (Å²) >= 11 is 7.65. The fourth-order valence-electron chi connectivity index (χ4n) is 3.88. The predicted molar refractivity (Wildman–Crippen MR) is 126 cm³/mol. The van der Waals surface area contributed by atoms with Gasteiger partial charge in [0.1, 0.15) is 5.39 Å². The lowest BCUT2D eigenvalue weighted by Gasteiger charge is -2.14. The fraction of sp³-hybridized carbons (Fsp3) is 0.217. The first kappa shape index (κ1) is 20.8.